The average Bonchev–Trinajstić information content (AvgIpc) is 3.53. The van der Waals surface area contributed by atoms with Crippen LogP contribution in [0.4, 0.5) is 5.82 Å². The highest BCUT2D eigenvalue weighted by Crippen LogP contribution is 2.51. The monoisotopic (exact) mass is 565 g/mol. The van der Waals surface area contributed by atoms with Crippen LogP contribution >= 0.6 is 30.5 Å². The van der Waals surface area contributed by atoms with Crippen molar-refractivity contribution >= 4 is 41.6 Å². The first-order valence-corrected chi connectivity index (χ1v) is 16.4. The molecule has 0 saturated carbocycles. The van der Waals surface area contributed by atoms with Crippen molar-refractivity contribution < 1.29 is 4.57 Å². The first kappa shape index (κ1) is 25.6. The number of fused-ring (bicyclic) bond motifs is 1. The molecule has 0 amide bonds. The molecule has 1 fully saturated rings. The Morgan fingerprint density at radius 2 is 1.89 bits per heavy atom. The molecule has 38 heavy (non-hydrogen) atoms. The van der Waals surface area contributed by atoms with E-state index in [-0.39, 0.29) is 11.5 Å². The highest BCUT2D eigenvalue weighted by Gasteiger charge is 2.45. The molecule has 0 unspecified atom stereocenters. The van der Waals surface area contributed by atoms with E-state index in [9.17, 15) is 4.57 Å². The second-order valence-corrected chi connectivity index (χ2v) is 15.1. The second-order valence-electron chi connectivity index (χ2n) is 10.5. The molecule has 8 nitrogen and oxygen atoms in total. The zero-order chi connectivity index (χ0) is 26.5. The van der Waals surface area contributed by atoms with Crippen molar-refractivity contribution in [3.8, 4) is 5.69 Å². The highest BCUT2D eigenvalue weighted by molar-refractivity contribution is 7.99. The maximum Gasteiger partial charge on any atom is 0.147 e. The molecule has 11 heteroatoms. The topological polar surface area (TPSA) is 103 Å². The van der Waals surface area contributed by atoms with Gasteiger partial charge in [0.15, 0.2) is 0 Å². The Kier molecular flexibility index (Phi) is 6.59. The number of anilines is 1. The summed E-state index contributed by atoms with van der Waals surface area (Å²) in [5.74, 6) is 0.869. The summed E-state index contributed by atoms with van der Waals surface area (Å²) >= 11 is 8.21. The molecule has 196 valence electrons. The van der Waals surface area contributed by atoms with Gasteiger partial charge < -0.3 is 15.2 Å². The van der Waals surface area contributed by atoms with Gasteiger partial charge in [0, 0.05) is 24.0 Å². The van der Waals surface area contributed by atoms with Crippen molar-refractivity contribution in [2.24, 2.45) is 11.1 Å². The van der Waals surface area contributed by atoms with Gasteiger partial charge in [-0.1, -0.05) is 52.8 Å². The fourth-order valence-corrected chi connectivity index (χ4v) is 8.82. The van der Waals surface area contributed by atoms with Crippen LogP contribution in [0.15, 0.2) is 71.1 Å². The summed E-state index contributed by atoms with van der Waals surface area (Å²) in [4.78, 5) is 12.5. The predicted octanol–water partition coefficient (Wildman–Crippen LogP) is 4.95. The number of hydrogen-bond donors (Lipinski definition) is 1. The Bertz CT molecular complexity index is 1520. The molecule has 1 saturated heterocycles. The molecule has 0 bridgehead atoms. The molecule has 4 aromatic rings. The lowest BCUT2D eigenvalue weighted by atomic mass is 9.73. The van der Waals surface area contributed by atoms with Crippen molar-refractivity contribution in [1.82, 2.24) is 25.0 Å². The van der Waals surface area contributed by atoms with E-state index in [1.54, 1.807) is 36.6 Å². The minimum Gasteiger partial charge on any atom is -0.355 e. The smallest absolute Gasteiger partial charge is 0.147 e. The average molecular weight is 566 g/mol. The number of hydrogen-bond acceptors (Lipinski definition) is 8. The first-order chi connectivity index (χ1) is 18.2. The van der Waals surface area contributed by atoms with Gasteiger partial charge >= 0.3 is 0 Å². The van der Waals surface area contributed by atoms with Crippen molar-refractivity contribution in [1.29, 1.82) is 0 Å². The van der Waals surface area contributed by atoms with Crippen molar-refractivity contribution in [3.63, 3.8) is 0 Å². The van der Waals surface area contributed by atoms with Crippen LogP contribution in [0.25, 0.3) is 5.69 Å². The Labute approximate surface area is 231 Å². The van der Waals surface area contributed by atoms with Gasteiger partial charge in [0.05, 0.1) is 40.8 Å². The van der Waals surface area contributed by atoms with Gasteiger partial charge in [0.2, 0.25) is 0 Å². The molecule has 2 aromatic carbocycles. The normalized spacial score (nSPS) is 18.6. The molecule has 2 aliphatic rings. The summed E-state index contributed by atoms with van der Waals surface area (Å²) in [7, 11) is -2.71. The van der Waals surface area contributed by atoms with Gasteiger partial charge in [-0.25, -0.2) is 14.6 Å². The SMILES string of the molecule is CP(C)(=O)c1c(-n2ccnn2)ccc(Sc2cnc(N3CCC4(CC3)Cc3ccccc3[C@H]4N)cn2)c1Cl. The molecule has 0 radical (unpaired) electrons. The number of halogens is 1. The fraction of sp³-hybridized carbons (Fsp3) is 0.333. The summed E-state index contributed by atoms with van der Waals surface area (Å²) in [5.41, 5.74) is 10.2. The standard InChI is InChI=1S/C27H29ClN7OPS/c1-37(2,36)25-20(35-14-11-32-33-35)7-8-21(24(25)28)38-23-17-30-22(16-31-23)34-12-9-27(10-13-34)15-18-5-3-4-6-19(18)26(27)29/h3-8,11,14,16-17,26H,9-10,12-13,15,29H2,1-2H3/t26-/m1/s1. The van der Waals surface area contributed by atoms with Gasteiger partial charge in [0.25, 0.3) is 0 Å². The maximum atomic E-state index is 13.2. The Morgan fingerprint density at radius 3 is 2.55 bits per heavy atom. The van der Waals surface area contributed by atoms with Crippen molar-refractivity contribution in [2.75, 3.05) is 31.3 Å². The molecule has 1 spiro atoms. The predicted molar refractivity (Wildman–Crippen MR) is 153 cm³/mol. The number of aromatic nitrogens is 5. The van der Waals surface area contributed by atoms with E-state index in [1.165, 1.54) is 22.9 Å². The minimum atomic E-state index is -2.71. The molecular formula is C27H29ClN7OPS. The van der Waals surface area contributed by atoms with Crippen molar-refractivity contribution in [2.45, 2.75) is 35.2 Å². The molecular weight excluding hydrogens is 537 g/mol. The third-order valence-electron chi connectivity index (χ3n) is 7.77. The number of nitrogens with zero attached hydrogens (tertiary/aromatic N) is 6. The van der Waals surface area contributed by atoms with E-state index < -0.39 is 7.14 Å². The van der Waals surface area contributed by atoms with Gasteiger partial charge in [-0.3, -0.25) is 0 Å². The Morgan fingerprint density at radius 1 is 1.11 bits per heavy atom. The lowest BCUT2D eigenvalue weighted by Gasteiger charge is -2.42. The second kappa shape index (κ2) is 9.79. The third-order valence-corrected chi connectivity index (χ3v) is 10.9. The van der Waals surface area contributed by atoms with E-state index in [1.807, 2.05) is 18.3 Å². The van der Waals surface area contributed by atoms with Gasteiger partial charge in [-0.15, -0.1) is 5.10 Å². The molecule has 6 rings (SSSR count). The largest absolute Gasteiger partial charge is 0.355 e. The van der Waals surface area contributed by atoms with E-state index in [4.69, 9.17) is 22.3 Å². The number of piperidine rings is 1. The summed E-state index contributed by atoms with van der Waals surface area (Å²) in [5, 5.41) is 9.66. The van der Waals surface area contributed by atoms with E-state index >= 15 is 0 Å². The molecule has 1 aliphatic heterocycles. The number of benzene rings is 2. The van der Waals surface area contributed by atoms with Crippen LogP contribution < -0.4 is 15.9 Å². The minimum absolute atomic E-state index is 0.0952. The van der Waals surface area contributed by atoms with E-state index in [0.29, 0.717) is 16.0 Å². The van der Waals surface area contributed by atoms with Crippen LogP contribution in [0, 0.1) is 5.41 Å². The van der Waals surface area contributed by atoms with Crippen LogP contribution in [0.1, 0.15) is 30.0 Å². The van der Waals surface area contributed by atoms with Crippen LogP contribution in [0.2, 0.25) is 5.02 Å². The molecule has 1 aliphatic carbocycles. The molecule has 3 heterocycles. The van der Waals surface area contributed by atoms with Gasteiger partial charge in [-0.05, 0) is 61.3 Å². The van der Waals surface area contributed by atoms with Crippen LogP contribution in [-0.2, 0) is 11.0 Å². The lowest BCUT2D eigenvalue weighted by Crippen LogP contribution is -2.44. The van der Waals surface area contributed by atoms with Gasteiger partial charge in [-0.2, -0.15) is 0 Å². The summed E-state index contributed by atoms with van der Waals surface area (Å²) in [6.07, 6.45) is 10.0. The maximum absolute atomic E-state index is 13.2. The Hall–Kier alpha value is -2.71. The number of rotatable bonds is 5. The van der Waals surface area contributed by atoms with E-state index in [2.05, 4.69) is 44.5 Å². The quantitative estimate of drug-likeness (QED) is 0.339. The highest BCUT2D eigenvalue weighted by atomic mass is 35.5. The fourth-order valence-electron chi connectivity index (χ4n) is 5.77. The van der Waals surface area contributed by atoms with Crippen LogP contribution in [0.3, 0.4) is 0 Å². The zero-order valence-corrected chi connectivity index (χ0v) is 23.8. The van der Waals surface area contributed by atoms with Gasteiger partial charge in [0.1, 0.15) is 18.0 Å². The van der Waals surface area contributed by atoms with E-state index in [0.717, 1.165) is 48.1 Å². The first-order valence-electron chi connectivity index (χ1n) is 12.6. The van der Waals surface area contributed by atoms with Crippen LogP contribution in [0.5, 0.6) is 0 Å². The Balaban J connectivity index is 1.17. The zero-order valence-electron chi connectivity index (χ0n) is 21.3. The molecule has 2 aromatic heterocycles. The summed E-state index contributed by atoms with van der Waals surface area (Å²) in [6, 6.07) is 12.5. The van der Waals surface area contributed by atoms with Crippen molar-refractivity contribution in [3.05, 3.63) is 77.3 Å². The molecule has 1 atom stereocenters. The summed E-state index contributed by atoms with van der Waals surface area (Å²) < 4.78 is 14.7. The summed E-state index contributed by atoms with van der Waals surface area (Å²) in [6.45, 7) is 5.23. The molecule has 2 N–H and O–H groups in total. The van der Waals surface area contributed by atoms with Crippen LogP contribution in [-0.4, -0.2) is 51.4 Å². The lowest BCUT2D eigenvalue weighted by molar-refractivity contribution is 0.187. The number of nitrogens with two attached hydrogens (primary N) is 1. The third kappa shape index (κ3) is 4.56.